The summed E-state index contributed by atoms with van der Waals surface area (Å²) in [6.45, 7) is 3.05. The lowest BCUT2D eigenvalue weighted by Crippen LogP contribution is -2.24. The summed E-state index contributed by atoms with van der Waals surface area (Å²) >= 11 is 0. The first kappa shape index (κ1) is 14.7. The van der Waals surface area contributed by atoms with Gasteiger partial charge in [-0.25, -0.2) is 0 Å². The lowest BCUT2D eigenvalue weighted by atomic mass is 10.2. The predicted octanol–water partition coefficient (Wildman–Crippen LogP) is 2.83. The third-order valence-electron chi connectivity index (χ3n) is 3.17. The van der Waals surface area contributed by atoms with Crippen molar-refractivity contribution < 1.29 is 19.1 Å². The van der Waals surface area contributed by atoms with Crippen LogP contribution in [0.5, 0.6) is 5.75 Å². The van der Waals surface area contributed by atoms with Gasteiger partial charge < -0.3 is 14.2 Å². The number of benzene rings is 1. The van der Waals surface area contributed by atoms with Gasteiger partial charge in [-0.2, -0.15) is 0 Å². The number of para-hydroxylation sites is 1. The molecule has 0 bridgehead atoms. The van der Waals surface area contributed by atoms with Crippen molar-refractivity contribution in [1.29, 1.82) is 0 Å². The van der Waals surface area contributed by atoms with E-state index >= 15 is 0 Å². The maximum Gasteiger partial charge on any atom is 0.313 e. The molecule has 1 aliphatic rings. The van der Waals surface area contributed by atoms with Gasteiger partial charge in [-0.3, -0.25) is 10.1 Å². The van der Waals surface area contributed by atoms with Crippen molar-refractivity contribution in [2.24, 2.45) is 0 Å². The molecule has 0 radical (unpaired) electrons. The Balaban J connectivity index is 1.82. The van der Waals surface area contributed by atoms with Crippen molar-refractivity contribution in [1.82, 2.24) is 0 Å². The van der Waals surface area contributed by atoms with Gasteiger partial charge in [0.25, 0.3) is 0 Å². The molecule has 0 saturated carbocycles. The van der Waals surface area contributed by atoms with E-state index in [4.69, 9.17) is 14.2 Å². The lowest BCUT2D eigenvalue weighted by molar-refractivity contribution is -0.386. The van der Waals surface area contributed by atoms with Gasteiger partial charge in [0, 0.05) is 12.2 Å². The molecule has 1 atom stereocenters. The van der Waals surface area contributed by atoms with E-state index in [9.17, 15) is 10.1 Å². The largest absolute Gasteiger partial charge is 0.484 e. The monoisotopic (exact) mass is 281 g/mol. The van der Waals surface area contributed by atoms with Crippen molar-refractivity contribution in [3.63, 3.8) is 0 Å². The molecule has 0 N–H and O–H groups in total. The van der Waals surface area contributed by atoms with Crippen LogP contribution in [0.2, 0.25) is 0 Å². The molecule has 1 heterocycles. The molecule has 0 aliphatic carbocycles. The number of rotatable bonds is 6. The summed E-state index contributed by atoms with van der Waals surface area (Å²) in [5, 5.41) is 11.0. The first-order valence-electron chi connectivity index (χ1n) is 6.78. The molecular weight excluding hydrogens is 262 g/mol. The zero-order valence-corrected chi connectivity index (χ0v) is 11.5. The van der Waals surface area contributed by atoms with Crippen LogP contribution in [0.1, 0.15) is 24.8 Å². The van der Waals surface area contributed by atoms with Crippen LogP contribution >= 0.6 is 0 Å². The van der Waals surface area contributed by atoms with Crippen LogP contribution < -0.4 is 4.74 Å². The zero-order chi connectivity index (χ0) is 14.4. The van der Waals surface area contributed by atoms with Crippen molar-refractivity contribution in [2.45, 2.75) is 32.5 Å². The Morgan fingerprint density at radius 2 is 2.25 bits per heavy atom. The normalized spacial score (nSPS) is 18.8. The number of nitrogens with zero attached hydrogens (tertiary/aromatic N) is 1. The molecular formula is C14H19NO5. The molecule has 0 spiro atoms. The van der Waals surface area contributed by atoms with Gasteiger partial charge in [0.1, 0.15) is 6.61 Å². The first-order valence-corrected chi connectivity index (χ1v) is 6.78. The predicted molar refractivity (Wildman–Crippen MR) is 72.9 cm³/mol. The number of hydrogen-bond acceptors (Lipinski definition) is 5. The van der Waals surface area contributed by atoms with Crippen LogP contribution in [0.3, 0.4) is 0 Å². The fourth-order valence-electron chi connectivity index (χ4n) is 2.16. The Morgan fingerprint density at radius 1 is 1.40 bits per heavy atom. The molecule has 0 aromatic heterocycles. The van der Waals surface area contributed by atoms with Crippen molar-refractivity contribution in [3.05, 3.63) is 33.9 Å². The average Bonchev–Trinajstić information content (AvgIpc) is 2.44. The van der Waals surface area contributed by atoms with Crippen molar-refractivity contribution in [3.8, 4) is 5.75 Å². The molecule has 0 unspecified atom stereocenters. The van der Waals surface area contributed by atoms with Gasteiger partial charge in [-0.05, 0) is 32.3 Å². The van der Waals surface area contributed by atoms with Crippen molar-refractivity contribution >= 4 is 5.69 Å². The van der Waals surface area contributed by atoms with Crippen molar-refractivity contribution in [2.75, 3.05) is 19.8 Å². The average molecular weight is 281 g/mol. The van der Waals surface area contributed by atoms with Gasteiger partial charge in [0.2, 0.25) is 0 Å². The maximum absolute atomic E-state index is 11.0. The number of nitro groups is 1. The molecule has 1 aliphatic heterocycles. The van der Waals surface area contributed by atoms with E-state index in [-0.39, 0.29) is 24.3 Å². The summed E-state index contributed by atoms with van der Waals surface area (Å²) < 4.78 is 16.4. The minimum absolute atomic E-state index is 0.0152. The fourth-order valence-corrected chi connectivity index (χ4v) is 2.16. The highest BCUT2D eigenvalue weighted by Crippen LogP contribution is 2.30. The van der Waals surface area contributed by atoms with E-state index in [0.717, 1.165) is 25.9 Å². The number of aryl methyl sites for hydroxylation is 1. The van der Waals surface area contributed by atoms with Crippen LogP contribution in [-0.4, -0.2) is 31.0 Å². The van der Waals surface area contributed by atoms with Crippen LogP contribution in [0, 0.1) is 17.0 Å². The minimum atomic E-state index is -0.421. The Morgan fingerprint density at radius 3 is 2.95 bits per heavy atom. The number of nitro benzene ring substituents is 1. The summed E-state index contributed by atoms with van der Waals surface area (Å²) in [5.41, 5.74) is 0.602. The quantitative estimate of drug-likeness (QED) is 0.455. The van der Waals surface area contributed by atoms with Crippen LogP contribution in [-0.2, 0) is 9.47 Å². The molecule has 20 heavy (non-hydrogen) atoms. The SMILES string of the molecule is Cc1cccc(OCCO[C@@H]2CCCCO2)c1[N+](=O)[O-]. The van der Waals surface area contributed by atoms with Crippen LogP contribution in [0.4, 0.5) is 5.69 Å². The highest BCUT2D eigenvalue weighted by atomic mass is 16.7. The molecule has 1 aromatic rings. The minimum Gasteiger partial charge on any atom is -0.484 e. The molecule has 2 rings (SSSR count). The van der Waals surface area contributed by atoms with Crippen LogP contribution in [0.15, 0.2) is 18.2 Å². The summed E-state index contributed by atoms with van der Waals surface area (Å²) in [7, 11) is 0. The first-order chi connectivity index (χ1) is 9.68. The standard InChI is InChI=1S/C14H19NO5/c1-11-5-4-6-12(14(11)15(16)17)18-9-10-20-13-7-2-3-8-19-13/h4-6,13H,2-3,7-10H2,1H3/t13-/m1/s1. The molecule has 6 heteroatoms. The summed E-state index contributed by atoms with van der Waals surface area (Å²) in [6.07, 6.45) is 2.91. The second-order valence-electron chi connectivity index (χ2n) is 4.69. The molecule has 1 fully saturated rings. The van der Waals surface area contributed by atoms with Gasteiger partial charge in [0.15, 0.2) is 12.0 Å². The lowest BCUT2D eigenvalue weighted by Gasteiger charge is -2.22. The van der Waals surface area contributed by atoms with Crippen LogP contribution in [0.25, 0.3) is 0 Å². The molecule has 1 saturated heterocycles. The molecule has 6 nitrogen and oxygen atoms in total. The van der Waals surface area contributed by atoms with E-state index in [1.54, 1.807) is 25.1 Å². The highest BCUT2D eigenvalue weighted by Gasteiger charge is 2.18. The van der Waals surface area contributed by atoms with E-state index in [0.29, 0.717) is 12.2 Å². The Kier molecular flexibility index (Phi) is 5.31. The third kappa shape index (κ3) is 3.91. The van der Waals surface area contributed by atoms with Gasteiger partial charge in [0.05, 0.1) is 11.5 Å². The topological polar surface area (TPSA) is 70.8 Å². The maximum atomic E-state index is 11.0. The van der Waals surface area contributed by atoms with E-state index < -0.39 is 4.92 Å². The summed E-state index contributed by atoms with van der Waals surface area (Å²) in [5.74, 6) is 0.281. The Hall–Kier alpha value is -1.66. The van der Waals surface area contributed by atoms with Gasteiger partial charge >= 0.3 is 5.69 Å². The van der Waals surface area contributed by atoms with Gasteiger partial charge in [-0.1, -0.05) is 12.1 Å². The fraction of sp³-hybridized carbons (Fsp3) is 0.571. The Labute approximate surface area is 117 Å². The number of hydrogen-bond donors (Lipinski definition) is 0. The second kappa shape index (κ2) is 7.21. The molecule has 110 valence electrons. The van der Waals surface area contributed by atoms with E-state index in [1.165, 1.54) is 0 Å². The molecule has 0 amide bonds. The van der Waals surface area contributed by atoms with E-state index in [1.807, 2.05) is 0 Å². The Bertz CT molecular complexity index is 457. The smallest absolute Gasteiger partial charge is 0.313 e. The molecule has 1 aromatic carbocycles. The zero-order valence-electron chi connectivity index (χ0n) is 11.5. The second-order valence-corrected chi connectivity index (χ2v) is 4.69. The van der Waals surface area contributed by atoms with E-state index in [2.05, 4.69) is 0 Å². The number of ether oxygens (including phenoxy) is 3. The summed E-state index contributed by atoms with van der Waals surface area (Å²) in [4.78, 5) is 10.6. The summed E-state index contributed by atoms with van der Waals surface area (Å²) in [6, 6.07) is 5.03. The third-order valence-corrected chi connectivity index (χ3v) is 3.17. The van der Waals surface area contributed by atoms with Gasteiger partial charge in [-0.15, -0.1) is 0 Å². The highest BCUT2D eigenvalue weighted by molar-refractivity contribution is 5.51.